The van der Waals surface area contributed by atoms with Crippen LogP contribution in [0.3, 0.4) is 0 Å². The van der Waals surface area contributed by atoms with Crippen molar-refractivity contribution in [1.29, 1.82) is 0 Å². The lowest BCUT2D eigenvalue weighted by Crippen LogP contribution is -2.42. The van der Waals surface area contributed by atoms with E-state index < -0.39 is 0 Å². The molecule has 3 aliphatic rings. The van der Waals surface area contributed by atoms with Crippen LogP contribution in [0.4, 0.5) is 5.69 Å². The summed E-state index contributed by atoms with van der Waals surface area (Å²) < 4.78 is 11.4. The third kappa shape index (κ3) is 4.67. The van der Waals surface area contributed by atoms with Crippen LogP contribution in [0.5, 0.6) is 11.5 Å². The normalized spacial score (nSPS) is 24.6. The van der Waals surface area contributed by atoms with Gasteiger partial charge in [0.1, 0.15) is 0 Å². The molecule has 1 aromatic rings. The van der Waals surface area contributed by atoms with Gasteiger partial charge in [0, 0.05) is 30.3 Å². The van der Waals surface area contributed by atoms with Crippen LogP contribution < -0.4 is 20.5 Å². The van der Waals surface area contributed by atoms with E-state index >= 15 is 0 Å². The molecule has 2 heterocycles. The van der Waals surface area contributed by atoms with Gasteiger partial charge in [0.05, 0.1) is 19.8 Å². The van der Waals surface area contributed by atoms with Crippen LogP contribution in [0.2, 0.25) is 0 Å². The van der Waals surface area contributed by atoms with Crippen molar-refractivity contribution in [2.24, 2.45) is 10.7 Å². The van der Waals surface area contributed by atoms with Gasteiger partial charge in [-0.15, -0.1) is 0 Å². The Kier molecular flexibility index (Phi) is 6.02. The zero-order chi connectivity index (χ0) is 18.5. The van der Waals surface area contributed by atoms with Gasteiger partial charge in [-0.2, -0.15) is 0 Å². The van der Waals surface area contributed by atoms with Gasteiger partial charge in [0.25, 0.3) is 0 Å². The summed E-state index contributed by atoms with van der Waals surface area (Å²) in [6.07, 6.45) is 10.3. The number of aliphatic imine (C=N–C) groups is 1. The molecule has 27 heavy (non-hydrogen) atoms. The molecule has 0 amide bonds. The van der Waals surface area contributed by atoms with Crippen LogP contribution in [-0.4, -0.2) is 49.2 Å². The summed E-state index contributed by atoms with van der Waals surface area (Å²) in [6, 6.07) is 7.12. The number of nitrogens with zero attached hydrogens (tertiary/aromatic N) is 2. The zero-order valence-electron chi connectivity index (χ0n) is 16.2. The number of benzene rings is 1. The fourth-order valence-electron chi connectivity index (χ4n) is 4.58. The smallest absolute Gasteiger partial charge is 0.193 e. The summed E-state index contributed by atoms with van der Waals surface area (Å²) in [4.78, 5) is 7.34. The highest BCUT2D eigenvalue weighted by Gasteiger charge is 2.31. The van der Waals surface area contributed by atoms with Crippen molar-refractivity contribution in [2.75, 3.05) is 31.6 Å². The van der Waals surface area contributed by atoms with Crippen molar-refractivity contribution in [2.45, 2.75) is 63.5 Å². The molecule has 1 saturated heterocycles. The van der Waals surface area contributed by atoms with Gasteiger partial charge in [0.2, 0.25) is 0 Å². The lowest BCUT2D eigenvalue weighted by molar-refractivity contribution is 0.145. The Hall–Kier alpha value is -1.95. The molecular formula is C21H32N4O2. The second-order valence-corrected chi connectivity index (χ2v) is 7.89. The highest BCUT2D eigenvalue weighted by atomic mass is 16.5. The molecular weight excluding hydrogens is 340 g/mol. The molecule has 0 radical (unpaired) electrons. The van der Waals surface area contributed by atoms with E-state index in [1.807, 2.05) is 18.2 Å². The van der Waals surface area contributed by atoms with Gasteiger partial charge >= 0.3 is 0 Å². The van der Waals surface area contributed by atoms with E-state index in [0.717, 1.165) is 36.2 Å². The number of fused-ring (bicyclic) bond motifs is 1. The quantitative estimate of drug-likeness (QED) is 0.626. The SMILES string of the molecule is NC(=NCC1CCCN1C1CCCCC1)Nc1ccc2c(c1)OCCCO2. The summed E-state index contributed by atoms with van der Waals surface area (Å²) in [5.74, 6) is 2.03. The van der Waals surface area contributed by atoms with E-state index in [0.29, 0.717) is 25.2 Å². The van der Waals surface area contributed by atoms with E-state index in [1.54, 1.807) is 0 Å². The first-order valence-electron chi connectivity index (χ1n) is 10.5. The largest absolute Gasteiger partial charge is 0.490 e. The number of likely N-dealkylation sites (tertiary alicyclic amines) is 1. The maximum absolute atomic E-state index is 6.16. The van der Waals surface area contributed by atoms with Crippen LogP contribution in [0.25, 0.3) is 0 Å². The monoisotopic (exact) mass is 372 g/mol. The van der Waals surface area contributed by atoms with E-state index in [9.17, 15) is 0 Å². The molecule has 1 aliphatic carbocycles. The van der Waals surface area contributed by atoms with Gasteiger partial charge in [-0.1, -0.05) is 19.3 Å². The van der Waals surface area contributed by atoms with E-state index in [1.165, 1.54) is 51.5 Å². The Morgan fingerprint density at radius 1 is 1.04 bits per heavy atom. The van der Waals surface area contributed by atoms with E-state index in [2.05, 4.69) is 15.2 Å². The van der Waals surface area contributed by atoms with Crippen LogP contribution in [-0.2, 0) is 0 Å². The minimum atomic E-state index is 0.472. The van der Waals surface area contributed by atoms with Crippen molar-refractivity contribution in [3.8, 4) is 11.5 Å². The van der Waals surface area contributed by atoms with Crippen molar-refractivity contribution >= 4 is 11.6 Å². The predicted octanol–water partition coefficient (Wildman–Crippen LogP) is 3.37. The average molecular weight is 373 g/mol. The topological polar surface area (TPSA) is 72.1 Å². The molecule has 1 unspecified atom stereocenters. The number of ether oxygens (including phenoxy) is 2. The van der Waals surface area contributed by atoms with E-state index in [-0.39, 0.29) is 0 Å². The first-order chi connectivity index (χ1) is 13.3. The Morgan fingerprint density at radius 2 is 1.85 bits per heavy atom. The number of anilines is 1. The standard InChI is InChI=1S/C21H32N4O2/c22-21(24-16-9-10-19-20(14-16)27-13-5-12-26-19)23-15-18-8-4-11-25(18)17-6-2-1-3-7-17/h9-10,14,17-18H,1-8,11-13,15H2,(H3,22,23,24). The van der Waals surface area contributed by atoms with Crippen LogP contribution >= 0.6 is 0 Å². The number of guanidine groups is 1. The second-order valence-electron chi connectivity index (χ2n) is 7.89. The van der Waals surface area contributed by atoms with Gasteiger partial charge in [-0.05, 0) is 44.4 Å². The first kappa shape index (κ1) is 18.4. The zero-order valence-corrected chi connectivity index (χ0v) is 16.2. The molecule has 1 saturated carbocycles. The summed E-state index contributed by atoms with van der Waals surface area (Å²) in [5.41, 5.74) is 7.05. The van der Waals surface area contributed by atoms with Crippen LogP contribution in [0.15, 0.2) is 23.2 Å². The van der Waals surface area contributed by atoms with Crippen LogP contribution in [0, 0.1) is 0 Å². The molecule has 6 nitrogen and oxygen atoms in total. The molecule has 2 fully saturated rings. The molecule has 0 spiro atoms. The Balaban J connectivity index is 1.34. The Labute approximate surface area is 162 Å². The maximum atomic E-state index is 6.16. The lowest BCUT2D eigenvalue weighted by Gasteiger charge is -2.35. The minimum absolute atomic E-state index is 0.472. The van der Waals surface area contributed by atoms with Gasteiger partial charge in [0.15, 0.2) is 17.5 Å². The maximum Gasteiger partial charge on any atom is 0.193 e. The molecule has 4 rings (SSSR count). The molecule has 0 bridgehead atoms. The predicted molar refractivity (Wildman–Crippen MR) is 109 cm³/mol. The fraction of sp³-hybridized carbons (Fsp3) is 0.667. The summed E-state index contributed by atoms with van der Waals surface area (Å²) in [5, 5.41) is 3.20. The number of nitrogens with one attached hydrogen (secondary N) is 1. The van der Waals surface area contributed by atoms with Crippen LogP contribution in [0.1, 0.15) is 51.4 Å². The molecule has 1 atom stereocenters. The molecule has 3 N–H and O–H groups in total. The third-order valence-electron chi connectivity index (χ3n) is 5.96. The Morgan fingerprint density at radius 3 is 2.70 bits per heavy atom. The molecule has 148 valence electrons. The third-order valence-corrected chi connectivity index (χ3v) is 5.96. The van der Waals surface area contributed by atoms with Crippen molar-refractivity contribution in [3.05, 3.63) is 18.2 Å². The summed E-state index contributed by atoms with van der Waals surface area (Å²) in [7, 11) is 0. The second kappa shape index (κ2) is 8.83. The minimum Gasteiger partial charge on any atom is -0.490 e. The lowest BCUT2D eigenvalue weighted by atomic mass is 9.94. The molecule has 6 heteroatoms. The first-order valence-corrected chi connectivity index (χ1v) is 10.5. The highest BCUT2D eigenvalue weighted by Crippen LogP contribution is 2.32. The number of rotatable bonds is 4. The van der Waals surface area contributed by atoms with Gasteiger partial charge in [-0.25, -0.2) is 0 Å². The number of nitrogens with two attached hydrogens (primary N) is 1. The van der Waals surface area contributed by atoms with Crippen molar-refractivity contribution in [3.63, 3.8) is 0 Å². The molecule has 1 aromatic carbocycles. The number of hydrogen-bond donors (Lipinski definition) is 2. The molecule has 2 aliphatic heterocycles. The molecule has 0 aromatic heterocycles. The Bertz CT molecular complexity index is 658. The summed E-state index contributed by atoms with van der Waals surface area (Å²) in [6.45, 7) is 3.38. The average Bonchev–Trinajstić information content (AvgIpc) is 3.04. The fourth-order valence-corrected chi connectivity index (χ4v) is 4.58. The van der Waals surface area contributed by atoms with Crippen molar-refractivity contribution in [1.82, 2.24) is 4.90 Å². The highest BCUT2D eigenvalue weighted by molar-refractivity contribution is 5.92. The van der Waals surface area contributed by atoms with E-state index in [4.69, 9.17) is 15.2 Å². The number of hydrogen-bond acceptors (Lipinski definition) is 4. The van der Waals surface area contributed by atoms with Gasteiger partial charge < -0.3 is 20.5 Å². The van der Waals surface area contributed by atoms with Crippen molar-refractivity contribution < 1.29 is 9.47 Å². The van der Waals surface area contributed by atoms with Gasteiger partial charge in [-0.3, -0.25) is 9.89 Å². The summed E-state index contributed by atoms with van der Waals surface area (Å²) >= 11 is 0.